The zero-order valence-electron chi connectivity index (χ0n) is 4.39. The van der Waals surface area contributed by atoms with E-state index in [0.29, 0.717) is 6.10 Å². The van der Waals surface area contributed by atoms with Crippen molar-refractivity contribution < 1.29 is 4.18 Å². The number of hydrogen-bond acceptors (Lipinski definition) is 2. The molecule has 2 heteroatoms. The quantitative estimate of drug-likeness (QED) is 0.495. The molecule has 0 amide bonds. The molecule has 0 spiro atoms. The van der Waals surface area contributed by atoms with Crippen LogP contribution in [0, 0.1) is 0 Å². The summed E-state index contributed by atoms with van der Waals surface area (Å²) < 4.78 is 4.96. The molecular weight excluding hydrogens is 96.1 g/mol. The van der Waals surface area contributed by atoms with Gasteiger partial charge in [0.25, 0.3) is 0 Å². The predicted octanol–water partition coefficient (Wildman–Crippen LogP) is 1.69. The van der Waals surface area contributed by atoms with Crippen LogP contribution in [0.5, 0.6) is 0 Å². The lowest BCUT2D eigenvalue weighted by Crippen LogP contribution is -1.92. The topological polar surface area (TPSA) is 9.23 Å². The third-order valence-electron chi connectivity index (χ3n) is 0.289. The van der Waals surface area contributed by atoms with Crippen LogP contribution in [0.15, 0.2) is 0 Å². The first kappa shape index (κ1) is 6.31. The highest BCUT2D eigenvalue weighted by Gasteiger charge is 1.85. The summed E-state index contributed by atoms with van der Waals surface area (Å²) in [7, 11) is 0. The Hall–Kier alpha value is 0.310. The SMILES string of the molecule is CSOC(C)C. The maximum absolute atomic E-state index is 4.96. The van der Waals surface area contributed by atoms with E-state index in [-0.39, 0.29) is 0 Å². The van der Waals surface area contributed by atoms with Crippen molar-refractivity contribution in [1.82, 2.24) is 0 Å². The van der Waals surface area contributed by atoms with E-state index in [9.17, 15) is 0 Å². The highest BCUT2D eigenvalue weighted by molar-refractivity contribution is 7.93. The van der Waals surface area contributed by atoms with Crippen molar-refractivity contribution in [2.75, 3.05) is 6.26 Å². The van der Waals surface area contributed by atoms with Crippen LogP contribution < -0.4 is 0 Å². The van der Waals surface area contributed by atoms with Crippen LogP contribution in [0.3, 0.4) is 0 Å². The molecular formula is C4H10OS. The molecule has 6 heavy (non-hydrogen) atoms. The fraction of sp³-hybridized carbons (Fsp3) is 1.00. The summed E-state index contributed by atoms with van der Waals surface area (Å²) in [5.74, 6) is 0. The third kappa shape index (κ3) is 4.31. The molecule has 0 aliphatic rings. The lowest BCUT2D eigenvalue weighted by atomic mass is 10.5. The third-order valence-corrected chi connectivity index (χ3v) is 0.866. The molecule has 0 aromatic carbocycles. The van der Waals surface area contributed by atoms with Gasteiger partial charge in [0.2, 0.25) is 0 Å². The summed E-state index contributed by atoms with van der Waals surface area (Å²) in [6, 6.07) is 0. The monoisotopic (exact) mass is 106 g/mol. The molecule has 0 aromatic heterocycles. The summed E-state index contributed by atoms with van der Waals surface area (Å²) in [5, 5.41) is 0. The van der Waals surface area contributed by atoms with E-state index in [1.807, 2.05) is 20.1 Å². The van der Waals surface area contributed by atoms with Crippen molar-refractivity contribution in [3.05, 3.63) is 0 Å². The highest BCUT2D eigenvalue weighted by atomic mass is 32.2. The van der Waals surface area contributed by atoms with Gasteiger partial charge in [-0.2, -0.15) is 0 Å². The van der Waals surface area contributed by atoms with Crippen molar-refractivity contribution in [2.45, 2.75) is 20.0 Å². The van der Waals surface area contributed by atoms with Gasteiger partial charge in [0, 0.05) is 6.26 Å². The number of rotatable bonds is 2. The van der Waals surface area contributed by atoms with Crippen LogP contribution in [0.4, 0.5) is 0 Å². The smallest absolute Gasteiger partial charge is 0.0666 e. The van der Waals surface area contributed by atoms with Gasteiger partial charge in [-0.05, 0) is 25.9 Å². The van der Waals surface area contributed by atoms with Gasteiger partial charge in [0.15, 0.2) is 0 Å². The standard InChI is InChI=1S/C4H10OS/c1-4(2)5-6-3/h4H,1-3H3. The molecule has 0 N–H and O–H groups in total. The maximum Gasteiger partial charge on any atom is 0.0666 e. The molecule has 0 rings (SSSR count). The Kier molecular flexibility index (Phi) is 3.68. The minimum absolute atomic E-state index is 0.361. The minimum Gasteiger partial charge on any atom is -0.313 e. The van der Waals surface area contributed by atoms with Gasteiger partial charge < -0.3 is 4.18 Å². The Labute approximate surface area is 43.3 Å². The van der Waals surface area contributed by atoms with Gasteiger partial charge >= 0.3 is 0 Å². The first-order chi connectivity index (χ1) is 2.77. The Morgan fingerprint density at radius 1 is 1.50 bits per heavy atom. The molecule has 0 fully saturated rings. The van der Waals surface area contributed by atoms with Gasteiger partial charge in [-0.1, -0.05) is 0 Å². The van der Waals surface area contributed by atoms with E-state index < -0.39 is 0 Å². The van der Waals surface area contributed by atoms with E-state index in [0.717, 1.165) is 0 Å². The van der Waals surface area contributed by atoms with Crippen LogP contribution in [0.2, 0.25) is 0 Å². The summed E-state index contributed by atoms with van der Waals surface area (Å²) in [5.41, 5.74) is 0. The van der Waals surface area contributed by atoms with Gasteiger partial charge in [-0.15, -0.1) is 0 Å². The molecule has 38 valence electrons. The van der Waals surface area contributed by atoms with Crippen LogP contribution in [0.1, 0.15) is 13.8 Å². The summed E-state index contributed by atoms with van der Waals surface area (Å²) in [4.78, 5) is 0. The fourth-order valence-corrected chi connectivity index (χ4v) is 0.577. The van der Waals surface area contributed by atoms with Gasteiger partial charge in [0.1, 0.15) is 0 Å². The molecule has 0 saturated heterocycles. The van der Waals surface area contributed by atoms with Crippen LogP contribution in [0.25, 0.3) is 0 Å². The summed E-state index contributed by atoms with van der Waals surface area (Å²) >= 11 is 1.41. The first-order valence-electron chi connectivity index (χ1n) is 1.97. The van der Waals surface area contributed by atoms with Gasteiger partial charge in [0.05, 0.1) is 6.10 Å². The summed E-state index contributed by atoms with van der Waals surface area (Å²) in [6.45, 7) is 4.02. The fourth-order valence-electron chi connectivity index (χ4n) is 0.192. The molecule has 0 bridgehead atoms. The van der Waals surface area contributed by atoms with Gasteiger partial charge in [-0.3, -0.25) is 0 Å². The summed E-state index contributed by atoms with van der Waals surface area (Å²) in [6.07, 6.45) is 2.28. The minimum atomic E-state index is 0.361. The van der Waals surface area contributed by atoms with E-state index in [1.54, 1.807) is 0 Å². The highest BCUT2D eigenvalue weighted by Crippen LogP contribution is 1.98. The average Bonchev–Trinajstić information content (AvgIpc) is 1.35. The zero-order valence-corrected chi connectivity index (χ0v) is 5.21. The normalized spacial score (nSPS) is 10.0. The Morgan fingerprint density at radius 3 is 2.00 bits per heavy atom. The zero-order chi connectivity index (χ0) is 4.99. The molecule has 0 atom stereocenters. The molecule has 0 radical (unpaired) electrons. The second-order valence-electron chi connectivity index (χ2n) is 1.31. The molecule has 0 aliphatic carbocycles. The van der Waals surface area contributed by atoms with E-state index >= 15 is 0 Å². The predicted molar refractivity (Wildman–Crippen MR) is 29.7 cm³/mol. The number of hydrogen-bond donors (Lipinski definition) is 0. The van der Waals surface area contributed by atoms with Crippen LogP contribution in [-0.2, 0) is 4.18 Å². The van der Waals surface area contributed by atoms with Crippen LogP contribution >= 0.6 is 12.0 Å². The van der Waals surface area contributed by atoms with Crippen LogP contribution in [-0.4, -0.2) is 12.4 Å². The Bertz CT molecular complexity index is 28.7. The lowest BCUT2D eigenvalue weighted by molar-refractivity contribution is 0.291. The van der Waals surface area contributed by atoms with E-state index in [1.165, 1.54) is 12.0 Å². The Balaban J connectivity index is 2.63. The largest absolute Gasteiger partial charge is 0.313 e. The molecule has 0 heterocycles. The van der Waals surface area contributed by atoms with Gasteiger partial charge in [-0.25, -0.2) is 0 Å². The van der Waals surface area contributed by atoms with E-state index in [2.05, 4.69) is 0 Å². The molecule has 0 aromatic rings. The first-order valence-corrected chi connectivity index (χ1v) is 3.12. The van der Waals surface area contributed by atoms with Crippen molar-refractivity contribution in [3.8, 4) is 0 Å². The molecule has 0 saturated carbocycles. The lowest BCUT2D eigenvalue weighted by Gasteiger charge is -1.98. The second-order valence-corrected chi connectivity index (χ2v) is 1.84. The average molecular weight is 106 g/mol. The van der Waals surface area contributed by atoms with E-state index in [4.69, 9.17) is 4.18 Å². The second kappa shape index (κ2) is 3.50. The Morgan fingerprint density at radius 2 is 2.00 bits per heavy atom. The molecule has 1 nitrogen and oxygen atoms in total. The molecule has 0 unspecified atom stereocenters. The van der Waals surface area contributed by atoms with Crippen molar-refractivity contribution >= 4 is 12.0 Å². The molecule has 0 aliphatic heterocycles. The van der Waals surface area contributed by atoms with Crippen molar-refractivity contribution in [3.63, 3.8) is 0 Å². The van der Waals surface area contributed by atoms with Crippen molar-refractivity contribution in [1.29, 1.82) is 0 Å². The maximum atomic E-state index is 4.96. The van der Waals surface area contributed by atoms with Crippen molar-refractivity contribution in [2.24, 2.45) is 0 Å².